The summed E-state index contributed by atoms with van der Waals surface area (Å²) in [6.07, 6.45) is -0.295. The third kappa shape index (κ3) is 6.33. The van der Waals surface area contributed by atoms with Crippen LogP contribution in [0, 0.1) is 5.92 Å². The highest BCUT2D eigenvalue weighted by Gasteiger charge is 2.21. The fourth-order valence-corrected chi connectivity index (χ4v) is 4.12. The van der Waals surface area contributed by atoms with Crippen LogP contribution in [0.1, 0.15) is 43.1 Å². The van der Waals surface area contributed by atoms with E-state index in [-0.39, 0.29) is 11.9 Å². The lowest BCUT2D eigenvalue weighted by atomic mass is 10.2. The Balaban J connectivity index is 1.73. The molecule has 3 aromatic rings. The van der Waals surface area contributed by atoms with Crippen LogP contribution in [0.2, 0.25) is 0 Å². The summed E-state index contributed by atoms with van der Waals surface area (Å²) in [5, 5.41) is 9.46. The predicted octanol–water partition coefficient (Wildman–Crippen LogP) is 5.82. The first-order valence-corrected chi connectivity index (χ1v) is 11.8. The first-order valence-electron chi connectivity index (χ1n) is 10.0. The maximum Gasteiger partial charge on any atom is 0.191 e. The van der Waals surface area contributed by atoms with Crippen LogP contribution < -0.4 is 9.47 Å². The van der Waals surface area contributed by atoms with Crippen LogP contribution in [0.15, 0.2) is 58.2 Å². The summed E-state index contributed by atoms with van der Waals surface area (Å²) in [4.78, 5) is 12.6. The van der Waals surface area contributed by atoms with E-state index in [1.165, 1.54) is 11.8 Å². The predicted molar refractivity (Wildman–Crippen MR) is 126 cm³/mol. The van der Waals surface area contributed by atoms with Crippen LogP contribution in [0.25, 0.3) is 0 Å². The smallest absolute Gasteiger partial charge is 0.191 e. The molecule has 1 unspecified atom stereocenters. The van der Waals surface area contributed by atoms with E-state index in [2.05, 4.69) is 44.5 Å². The lowest BCUT2D eigenvalue weighted by Crippen LogP contribution is -2.15. The van der Waals surface area contributed by atoms with Crippen molar-refractivity contribution >= 4 is 33.5 Å². The van der Waals surface area contributed by atoms with Crippen LogP contribution in [0.4, 0.5) is 0 Å². The zero-order chi connectivity index (χ0) is 22.4. The molecule has 0 radical (unpaired) electrons. The first-order chi connectivity index (χ1) is 14.9. The normalized spacial score (nSPS) is 12.1. The molecule has 0 saturated heterocycles. The number of ketones is 1. The molecule has 0 aliphatic carbocycles. The van der Waals surface area contributed by atoms with E-state index in [0.29, 0.717) is 17.2 Å². The van der Waals surface area contributed by atoms with E-state index in [1.807, 2.05) is 55.5 Å². The molecule has 1 atom stereocenters. The van der Waals surface area contributed by atoms with Gasteiger partial charge in [-0.15, -0.1) is 10.2 Å². The van der Waals surface area contributed by atoms with Crippen molar-refractivity contribution in [3.8, 4) is 11.5 Å². The summed E-state index contributed by atoms with van der Waals surface area (Å²) < 4.78 is 14.3. The molecule has 8 heteroatoms. The summed E-state index contributed by atoms with van der Waals surface area (Å²) in [6.45, 7) is 6.97. The zero-order valence-electron chi connectivity index (χ0n) is 18.0. The van der Waals surface area contributed by atoms with E-state index in [0.717, 1.165) is 33.5 Å². The van der Waals surface area contributed by atoms with Gasteiger partial charge in [0.1, 0.15) is 11.5 Å². The highest BCUT2D eigenvalue weighted by atomic mass is 79.9. The number of carbonyl (C=O) groups excluding carboxylic acids is 1. The van der Waals surface area contributed by atoms with Gasteiger partial charge in [-0.2, -0.15) is 0 Å². The Labute approximate surface area is 195 Å². The number of nitrogens with zero attached hydrogens (tertiary/aromatic N) is 3. The molecule has 0 saturated carbocycles. The van der Waals surface area contributed by atoms with Gasteiger partial charge < -0.3 is 14.0 Å². The number of aromatic nitrogens is 3. The highest BCUT2D eigenvalue weighted by molar-refractivity contribution is 9.10. The van der Waals surface area contributed by atoms with E-state index in [9.17, 15) is 4.79 Å². The lowest BCUT2D eigenvalue weighted by molar-refractivity contribution is 0.102. The molecule has 0 aliphatic rings. The number of Topliss-reactive ketones (excluding diaryl/α,β-unsaturated/α-hetero) is 1. The summed E-state index contributed by atoms with van der Waals surface area (Å²) in [6, 6.07) is 14.8. The Morgan fingerprint density at radius 3 is 2.29 bits per heavy atom. The van der Waals surface area contributed by atoms with Crippen molar-refractivity contribution in [3.05, 3.63) is 64.4 Å². The van der Waals surface area contributed by atoms with Crippen LogP contribution in [0.3, 0.4) is 0 Å². The average molecular weight is 504 g/mol. The highest BCUT2D eigenvalue weighted by Crippen LogP contribution is 2.27. The average Bonchev–Trinajstić information content (AvgIpc) is 3.15. The van der Waals surface area contributed by atoms with Crippen LogP contribution in [-0.4, -0.2) is 33.4 Å². The van der Waals surface area contributed by atoms with Crippen molar-refractivity contribution in [2.45, 2.75) is 38.6 Å². The Morgan fingerprint density at radius 2 is 1.68 bits per heavy atom. The monoisotopic (exact) mass is 503 g/mol. The maximum atomic E-state index is 12.6. The Morgan fingerprint density at radius 1 is 1.03 bits per heavy atom. The topological polar surface area (TPSA) is 66.2 Å². The molecule has 0 amide bonds. The number of halogens is 1. The van der Waals surface area contributed by atoms with E-state index in [4.69, 9.17) is 9.47 Å². The fraction of sp³-hybridized carbons (Fsp3) is 0.348. The van der Waals surface area contributed by atoms with Gasteiger partial charge in [-0.05, 0) is 49.2 Å². The second-order valence-corrected chi connectivity index (χ2v) is 9.36. The maximum absolute atomic E-state index is 12.6. The third-order valence-electron chi connectivity index (χ3n) is 4.53. The number of ether oxygens (including phenoxy) is 2. The van der Waals surface area contributed by atoms with Gasteiger partial charge in [0.25, 0.3) is 0 Å². The van der Waals surface area contributed by atoms with Crippen molar-refractivity contribution in [2.24, 2.45) is 5.92 Å². The standard InChI is InChI=1S/C23H26BrN3O3S/c1-15(2)13-27-22(16(3)30-20-11-9-19(29-4)10-12-20)25-26-23(27)31-14-21(28)17-5-7-18(24)8-6-17/h5-12,15-16H,13-14H2,1-4H3. The first kappa shape index (κ1) is 23.3. The molecule has 1 aromatic heterocycles. The molecule has 1 heterocycles. The lowest BCUT2D eigenvalue weighted by Gasteiger charge is -2.18. The molecular formula is C23H26BrN3O3S. The molecule has 0 aliphatic heterocycles. The number of carbonyl (C=O) groups is 1. The second kappa shape index (κ2) is 10.8. The minimum absolute atomic E-state index is 0.0562. The number of hydrogen-bond acceptors (Lipinski definition) is 6. The van der Waals surface area contributed by atoms with Gasteiger partial charge in [0.05, 0.1) is 12.9 Å². The zero-order valence-corrected chi connectivity index (χ0v) is 20.4. The van der Waals surface area contributed by atoms with Crippen molar-refractivity contribution < 1.29 is 14.3 Å². The van der Waals surface area contributed by atoms with Gasteiger partial charge >= 0.3 is 0 Å². The number of hydrogen-bond donors (Lipinski definition) is 0. The molecule has 31 heavy (non-hydrogen) atoms. The summed E-state index contributed by atoms with van der Waals surface area (Å²) in [7, 11) is 1.63. The van der Waals surface area contributed by atoms with E-state index >= 15 is 0 Å². The molecule has 0 fully saturated rings. The summed E-state index contributed by atoms with van der Waals surface area (Å²) in [5.74, 6) is 2.99. The van der Waals surface area contributed by atoms with Gasteiger partial charge in [0, 0.05) is 16.6 Å². The van der Waals surface area contributed by atoms with Crippen LogP contribution in [0.5, 0.6) is 11.5 Å². The van der Waals surface area contributed by atoms with E-state index < -0.39 is 0 Å². The molecule has 2 aromatic carbocycles. The number of methoxy groups -OCH3 is 1. The number of thioether (sulfide) groups is 1. The molecule has 0 N–H and O–H groups in total. The quantitative estimate of drug-likeness (QED) is 0.256. The molecule has 164 valence electrons. The largest absolute Gasteiger partial charge is 0.497 e. The Bertz CT molecular complexity index is 1000. The SMILES string of the molecule is COc1ccc(OC(C)c2nnc(SCC(=O)c3ccc(Br)cc3)n2CC(C)C)cc1. The summed E-state index contributed by atoms with van der Waals surface area (Å²) in [5.41, 5.74) is 0.682. The van der Waals surface area contributed by atoms with Gasteiger partial charge in [-0.25, -0.2) is 0 Å². The third-order valence-corrected chi connectivity index (χ3v) is 6.02. The van der Waals surface area contributed by atoms with Crippen molar-refractivity contribution in [1.29, 1.82) is 0 Å². The van der Waals surface area contributed by atoms with Gasteiger partial charge in [-0.3, -0.25) is 4.79 Å². The van der Waals surface area contributed by atoms with Crippen molar-refractivity contribution in [2.75, 3.05) is 12.9 Å². The molecule has 0 spiro atoms. The molecular weight excluding hydrogens is 478 g/mol. The van der Waals surface area contributed by atoms with Crippen molar-refractivity contribution in [3.63, 3.8) is 0 Å². The minimum atomic E-state index is -0.295. The molecule has 0 bridgehead atoms. The van der Waals surface area contributed by atoms with Crippen LogP contribution >= 0.6 is 27.7 Å². The fourth-order valence-electron chi connectivity index (χ4n) is 3.00. The van der Waals surface area contributed by atoms with Crippen LogP contribution in [-0.2, 0) is 6.54 Å². The van der Waals surface area contributed by atoms with E-state index in [1.54, 1.807) is 7.11 Å². The van der Waals surface area contributed by atoms with Gasteiger partial charge in [0.2, 0.25) is 0 Å². The second-order valence-electron chi connectivity index (χ2n) is 7.50. The minimum Gasteiger partial charge on any atom is -0.497 e. The molecule has 3 rings (SSSR count). The number of benzene rings is 2. The van der Waals surface area contributed by atoms with Crippen molar-refractivity contribution in [1.82, 2.24) is 14.8 Å². The van der Waals surface area contributed by atoms with Gasteiger partial charge in [-0.1, -0.05) is 53.7 Å². The Kier molecular flexibility index (Phi) is 8.15. The molecule has 6 nitrogen and oxygen atoms in total. The van der Waals surface area contributed by atoms with Gasteiger partial charge in [0.15, 0.2) is 22.9 Å². The Hall–Kier alpha value is -2.32. The summed E-state index contributed by atoms with van der Waals surface area (Å²) >= 11 is 4.80. The number of rotatable bonds is 10.